The number of ether oxygens (including phenoxy) is 1. The molecule has 2 aliphatic rings. The number of morpholine rings is 1. The largest absolute Gasteiger partial charge is 0.379 e. The second kappa shape index (κ2) is 12.1. The van der Waals surface area contributed by atoms with Crippen LogP contribution in [0.2, 0.25) is 0 Å². The molecule has 0 radical (unpaired) electrons. The maximum Gasteiger partial charge on any atom is 0.258 e. The van der Waals surface area contributed by atoms with Crippen molar-refractivity contribution in [1.82, 2.24) is 10.2 Å². The van der Waals surface area contributed by atoms with Crippen molar-refractivity contribution in [3.63, 3.8) is 0 Å². The number of carbonyl (C=O) groups is 2. The van der Waals surface area contributed by atoms with Crippen molar-refractivity contribution >= 4 is 33.8 Å². The van der Waals surface area contributed by atoms with Crippen molar-refractivity contribution in [2.75, 3.05) is 56.6 Å². The molecule has 0 spiro atoms. The minimum atomic E-state index is -0.144. The third kappa shape index (κ3) is 7.19. The molecule has 1 aromatic carbocycles. The van der Waals surface area contributed by atoms with Crippen LogP contribution < -0.4 is 16.0 Å². The van der Waals surface area contributed by atoms with Crippen LogP contribution >= 0.6 is 11.3 Å². The van der Waals surface area contributed by atoms with Crippen molar-refractivity contribution < 1.29 is 14.3 Å². The van der Waals surface area contributed by atoms with Gasteiger partial charge in [-0.05, 0) is 61.6 Å². The Morgan fingerprint density at radius 1 is 1.14 bits per heavy atom. The first-order valence-corrected chi connectivity index (χ1v) is 14.3. The van der Waals surface area contributed by atoms with Crippen LogP contribution in [0, 0.1) is 25.2 Å². The Morgan fingerprint density at radius 3 is 2.59 bits per heavy atom. The van der Waals surface area contributed by atoms with E-state index >= 15 is 0 Å². The second-order valence-electron chi connectivity index (χ2n) is 11.5. The van der Waals surface area contributed by atoms with Crippen LogP contribution in [0.3, 0.4) is 0 Å². The second-order valence-corrected chi connectivity index (χ2v) is 12.6. The molecule has 2 aromatic rings. The summed E-state index contributed by atoms with van der Waals surface area (Å²) in [5.74, 6) is 0.294. The Morgan fingerprint density at radius 2 is 1.89 bits per heavy atom. The zero-order valence-corrected chi connectivity index (χ0v) is 23.8. The number of anilines is 2. The zero-order chi connectivity index (χ0) is 26.6. The molecule has 1 atom stereocenters. The molecule has 3 N–H and O–H groups in total. The van der Waals surface area contributed by atoms with E-state index in [1.165, 1.54) is 4.88 Å². The number of nitrogens with zero attached hydrogens (tertiary/aromatic N) is 1. The SMILES string of the molecule is Cc1ccc(NC(=O)c2c(NC(=O)CNCCN3CCOCC3)sc3c2CCC(C(C)(C)C)C3)c(C)c1. The van der Waals surface area contributed by atoms with Crippen LogP contribution in [-0.2, 0) is 22.4 Å². The molecule has 1 aliphatic heterocycles. The minimum Gasteiger partial charge on any atom is -0.379 e. The highest BCUT2D eigenvalue weighted by molar-refractivity contribution is 7.17. The number of thiophene rings is 1. The first kappa shape index (κ1) is 27.8. The number of nitrogens with one attached hydrogen (secondary N) is 3. The molecule has 2 heterocycles. The van der Waals surface area contributed by atoms with E-state index in [2.05, 4.69) is 47.7 Å². The molecule has 1 fully saturated rings. The summed E-state index contributed by atoms with van der Waals surface area (Å²) in [5.41, 5.74) is 4.93. The van der Waals surface area contributed by atoms with Crippen molar-refractivity contribution in [1.29, 1.82) is 0 Å². The summed E-state index contributed by atoms with van der Waals surface area (Å²) in [6.07, 6.45) is 2.85. The smallest absolute Gasteiger partial charge is 0.258 e. The van der Waals surface area contributed by atoms with Crippen molar-refractivity contribution in [3.05, 3.63) is 45.3 Å². The van der Waals surface area contributed by atoms with Gasteiger partial charge in [-0.15, -0.1) is 11.3 Å². The van der Waals surface area contributed by atoms with Crippen LogP contribution in [0.15, 0.2) is 18.2 Å². The van der Waals surface area contributed by atoms with Gasteiger partial charge in [-0.25, -0.2) is 0 Å². The first-order chi connectivity index (χ1) is 17.6. The van der Waals surface area contributed by atoms with Gasteiger partial charge in [-0.3, -0.25) is 14.5 Å². The van der Waals surface area contributed by atoms with Crippen LogP contribution in [0.25, 0.3) is 0 Å². The zero-order valence-electron chi connectivity index (χ0n) is 23.0. The summed E-state index contributed by atoms with van der Waals surface area (Å²) in [5, 5.41) is 10.1. The average molecular weight is 527 g/mol. The van der Waals surface area contributed by atoms with Crippen molar-refractivity contribution in [2.45, 2.75) is 53.9 Å². The number of carbonyl (C=O) groups excluding carboxylic acids is 2. The van der Waals surface area contributed by atoms with E-state index in [9.17, 15) is 9.59 Å². The van der Waals surface area contributed by atoms with Gasteiger partial charge in [-0.1, -0.05) is 38.5 Å². The van der Waals surface area contributed by atoms with Crippen molar-refractivity contribution in [2.24, 2.45) is 11.3 Å². The Hall–Kier alpha value is -2.26. The highest BCUT2D eigenvalue weighted by atomic mass is 32.1. The number of hydrogen-bond donors (Lipinski definition) is 3. The van der Waals surface area contributed by atoms with Crippen LogP contribution in [0.1, 0.15) is 59.1 Å². The average Bonchev–Trinajstić information content (AvgIpc) is 3.20. The van der Waals surface area contributed by atoms with Crippen LogP contribution in [0.5, 0.6) is 0 Å². The van der Waals surface area contributed by atoms with Gasteiger partial charge in [0.15, 0.2) is 0 Å². The molecule has 2 amide bonds. The topological polar surface area (TPSA) is 82.7 Å². The number of aryl methyl sites for hydroxylation is 2. The minimum absolute atomic E-state index is 0.117. The third-order valence-electron chi connectivity index (χ3n) is 7.59. The van der Waals surface area contributed by atoms with E-state index in [-0.39, 0.29) is 23.8 Å². The molecule has 1 saturated heterocycles. The van der Waals surface area contributed by atoms with Gasteiger partial charge in [0.25, 0.3) is 5.91 Å². The van der Waals surface area contributed by atoms with Gasteiger partial charge < -0.3 is 20.7 Å². The number of hydrogen-bond acceptors (Lipinski definition) is 6. The first-order valence-electron chi connectivity index (χ1n) is 13.5. The van der Waals surface area contributed by atoms with Gasteiger partial charge >= 0.3 is 0 Å². The van der Waals surface area contributed by atoms with E-state index in [1.807, 2.05) is 26.0 Å². The van der Waals surface area contributed by atoms with Gasteiger partial charge in [0.2, 0.25) is 5.91 Å². The predicted octanol–water partition coefficient (Wildman–Crippen LogP) is 4.63. The summed E-state index contributed by atoms with van der Waals surface area (Å²) < 4.78 is 5.39. The van der Waals surface area contributed by atoms with E-state index in [4.69, 9.17) is 4.74 Å². The van der Waals surface area contributed by atoms with Gasteiger partial charge in [0, 0.05) is 36.7 Å². The lowest BCUT2D eigenvalue weighted by molar-refractivity contribution is -0.115. The summed E-state index contributed by atoms with van der Waals surface area (Å²) in [7, 11) is 0. The quantitative estimate of drug-likeness (QED) is 0.437. The normalized spacial score (nSPS) is 18.4. The fraction of sp³-hybridized carbons (Fsp3) is 0.586. The molecule has 37 heavy (non-hydrogen) atoms. The van der Waals surface area contributed by atoms with Crippen LogP contribution in [0.4, 0.5) is 10.7 Å². The third-order valence-corrected chi connectivity index (χ3v) is 8.76. The summed E-state index contributed by atoms with van der Waals surface area (Å²) in [4.78, 5) is 30.1. The standard InChI is InChI=1S/C29H42N4O3S/c1-19-6-9-23(20(2)16-19)31-27(35)26-22-8-7-21(29(3,4)5)17-24(22)37-28(26)32-25(34)18-30-10-11-33-12-14-36-15-13-33/h6,9,16,21,30H,7-8,10-15,17-18H2,1-5H3,(H,31,35)(H,32,34). The Balaban J connectivity index is 1.47. The fourth-order valence-corrected chi connectivity index (χ4v) is 6.57. The maximum absolute atomic E-state index is 13.6. The number of fused-ring (bicyclic) bond motifs is 1. The highest BCUT2D eigenvalue weighted by Crippen LogP contribution is 2.44. The van der Waals surface area contributed by atoms with E-state index < -0.39 is 0 Å². The maximum atomic E-state index is 13.6. The van der Waals surface area contributed by atoms with Gasteiger partial charge in [0.05, 0.1) is 25.3 Å². The predicted molar refractivity (Wildman–Crippen MR) is 152 cm³/mol. The molecule has 1 unspecified atom stereocenters. The number of amides is 2. The summed E-state index contributed by atoms with van der Waals surface area (Å²) in [6, 6.07) is 6.02. The van der Waals surface area contributed by atoms with Gasteiger partial charge in [-0.2, -0.15) is 0 Å². The monoisotopic (exact) mass is 526 g/mol. The Labute approximate surface area is 225 Å². The Kier molecular flexibility index (Phi) is 9.06. The van der Waals surface area contributed by atoms with Crippen LogP contribution in [-0.4, -0.2) is 62.7 Å². The molecular weight excluding hydrogens is 484 g/mol. The molecule has 202 valence electrons. The van der Waals surface area contributed by atoms with E-state index in [0.29, 0.717) is 16.5 Å². The Bertz CT molecular complexity index is 1120. The molecule has 0 bridgehead atoms. The summed E-state index contributed by atoms with van der Waals surface area (Å²) in [6.45, 7) is 16.2. The lowest BCUT2D eigenvalue weighted by atomic mass is 9.72. The van der Waals surface area contributed by atoms with E-state index in [1.54, 1.807) is 11.3 Å². The number of rotatable bonds is 8. The highest BCUT2D eigenvalue weighted by Gasteiger charge is 2.34. The lowest BCUT2D eigenvalue weighted by Gasteiger charge is -2.33. The lowest BCUT2D eigenvalue weighted by Crippen LogP contribution is -2.41. The molecule has 0 saturated carbocycles. The molecular formula is C29H42N4O3S. The fourth-order valence-electron chi connectivity index (χ4n) is 5.23. The molecule has 7 nitrogen and oxygen atoms in total. The van der Waals surface area contributed by atoms with Crippen molar-refractivity contribution in [3.8, 4) is 0 Å². The molecule has 1 aliphatic carbocycles. The molecule has 4 rings (SSSR count). The number of benzene rings is 1. The molecule has 1 aromatic heterocycles. The summed E-state index contributed by atoms with van der Waals surface area (Å²) >= 11 is 1.57. The van der Waals surface area contributed by atoms with E-state index in [0.717, 1.165) is 81.0 Å². The van der Waals surface area contributed by atoms with Gasteiger partial charge in [0.1, 0.15) is 5.00 Å². The molecule has 8 heteroatoms.